The Labute approximate surface area is 158 Å². The van der Waals surface area contributed by atoms with Crippen LogP contribution < -0.4 is 0 Å². The predicted octanol–water partition coefficient (Wildman–Crippen LogP) is 7.07. The van der Waals surface area contributed by atoms with Gasteiger partial charge in [0.05, 0.1) is 0 Å². The van der Waals surface area contributed by atoms with Gasteiger partial charge >= 0.3 is 0 Å². The second-order valence-corrected chi connectivity index (χ2v) is 6.50. The summed E-state index contributed by atoms with van der Waals surface area (Å²) in [7, 11) is 0. The molecule has 1 radical (unpaired) electrons. The van der Waals surface area contributed by atoms with Crippen LogP contribution in [0.5, 0.6) is 5.75 Å². The highest BCUT2D eigenvalue weighted by atomic mass is 35.5. The molecule has 0 fully saturated rings. The van der Waals surface area contributed by atoms with Gasteiger partial charge in [-0.05, 0) is 58.5 Å². The first-order valence-electron chi connectivity index (χ1n) is 8.07. The molecule has 0 saturated heterocycles. The van der Waals surface area contributed by atoms with Gasteiger partial charge in [0.1, 0.15) is 0 Å². The lowest BCUT2D eigenvalue weighted by Crippen LogP contribution is -1.96. The normalized spacial score (nSPS) is 11.9. The molecule has 3 heteroatoms. The molecule has 0 aliphatic heterocycles. The van der Waals surface area contributed by atoms with Gasteiger partial charge in [0.15, 0.2) is 5.75 Å². The molecule has 0 unspecified atom stereocenters. The van der Waals surface area contributed by atoms with Gasteiger partial charge in [-0.3, -0.25) is 5.11 Å². The standard InChI is InChI=1S/C22H17Cl2O/c23-15-14-21(16-4-2-1-3-5-16)22(17-6-10-19(24)11-7-17)18-8-12-20(25)13-9-18/h1-13H,14-15H2/b22-21-. The highest BCUT2D eigenvalue weighted by molar-refractivity contribution is 6.30. The number of rotatable bonds is 5. The van der Waals surface area contributed by atoms with Gasteiger partial charge in [-0.25, -0.2) is 0 Å². The molecule has 3 aromatic carbocycles. The maximum atomic E-state index is 11.5. The van der Waals surface area contributed by atoms with E-state index >= 15 is 0 Å². The van der Waals surface area contributed by atoms with Gasteiger partial charge in [0.2, 0.25) is 0 Å². The van der Waals surface area contributed by atoms with Gasteiger partial charge in [-0.2, -0.15) is 0 Å². The smallest absolute Gasteiger partial charge is 0.178 e. The summed E-state index contributed by atoms with van der Waals surface area (Å²) < 4.78 is 0. The summed E-state index contributed by atoms with van der Waals surface area (Å²) in [4.78, 5) is 0. The molecular weight excluding hydrogens is 351 g/mol. The summed E-state index contributed by atoms with van der Waals surface area (Å²) in [5, 5.41) is 12.2. The number of hydrogen-bond donors (Lipinski definition) is 0. The Morgan fingerprint density at radius 3 is 1.84 bits per heavy atom. The van der Waals surface area contributed by atoms with Crippen molar-refractivity contribution in [3.63, 3.8) is 0 Å². The summed E-state index contributed by atoms with van der Waals surface area (Å²) in [5.74, 6) is 0.513. The van der Waals surface area contributed by atoms with Crippen LogP contribution >= 0.6 is 23.2 Å². The van der Waals surface area contributed by atoms with Crippen LogP contribution in [0.3, 0.4) is 0 Å². The fourth-order valence-electron chi connectivity index (χ4n) is 2.90. The van der Waals surface area contributed by atoms with E-state index in [4.69, 9.17) is 23.2 Å². The lowest BCUT2D eigenvalue weighted by Gasteiger charge is -2.17. The van der Waals surface area contributed by atoms with Crippen molar-refractivity contribution in [3.8, 4) is 5.75 Å². The molecule has 0 spiro atoms. The molecule has 0 N–H and O–H groups in total. The maximum absolute atomic E-state index is 11.5. The Balaban J connectivity index is 2.26. The fourth-order valence-corrected chi connectivity index (χ4v) is 3.22. The molecular formula is C22H17Cl2O. The van der Waals surface area contributed by atoms with Crippen molar-refractivity contribution in [3.05, 3.63) is 101 Å². The van der Waals surface area contributed by atoms with Crippen molar-refractivity contribution in [2.45, 2.75) is 6.42 Å². The van der Waals surface area contributed by atoms with Crippen molar-refractivity contribution >= 4 is 34.3 Å². The van der Waals surface area contributed by atoms with Crippen molar-refractivity contribution in [2.75, 3.05) is 5.88 Å². The zero-order valence-corrected chi connectivity index (χ0v) is 15.1. The Bertz CT molecular complexity index is 803. The molecule has 0 aromatic heterocycles. The summed E-state index contributed by atoms with van der Waals surface area (Å²) >= 11 is 12.2. The summed E-state index contributed by atoms with van der Waals surface area (Å²) in [6.45, 7) is 0. The third kappa shape index (κ3) is 4.25. The third-order valence-electron chi connectivity index (χ3n) is 4.04. The highest BCUT2D eigenvalue weighted by Crippen LogP contribution is 2.35. The molecule has 25 heavy (non-hydrogen) atoms. The topological polar surface area (TPSA) is 19.9 Å². The van der Waals surface area contributed by atoms with Crippen molar-refractivity contribution < 1.29 is 5.11 Å². The minimum atomic E-state index is -0.00203. The van der Waals surface area contributed by atoms with Crippen LogP contribution in [0.1, 0.15) is 23.1 Å². The average Bonchev–Trinajstić information content (AvgIpc) is 2.65. The molecule has 3 rings (SSSR count). The third-order valence-corrected chi connectivity index (χ3v) is 4.49. The van der Waals surface area contributed by atoms with Crippen LogP contribution in [0.15, 0.2) is 78.9 Å². The van der Waals surface area contributed by atoms with Crippen LogP contribution in [-0.4, -0.2) is 5.88 Å². The number of halogens is 2. The van der Waals surface area contributed by atoms with E-state index in [0.717, 1.165) is 34.3 Å². The van der Waals surface area contributed by atoms with Gasteiger partial charge in [-0.15, -0.1) is 11.6 Å². The van der Waals surface area contributed by atoms with E-state index in [-0.39, 0.29) is 5.75 Å². The largest absolute Gasteiger partial charge is 0.290 e. The lowest BCUT2D eigenvalue weighted by molar-refractivity contribution is 0.355. The fraction of sp³-hybridized carbons (Fsp3) is 0.0909. The molecule has 0 amide bonds. The number of hydrogen-bond acceptors (Lipinski definition) is 0. The molecule has 1 nitrogen and oxygen atoms in total. The first-order chi connectivity index (χ1) is 12.2. The molecule has 3 aromatic rings. The molecule has 0 heterocycles. The van der Waals surface area contributed by atoms with Crippen LogP contribution in [0, 0.1) is 0 Å². The number of allylic oxidation sites excluding steroid dienone is 1. The molecule has 0 aliphatic carbocycles. The molecule has 0 aliphatic rings. The Morgan fingerprint density at radius 2 is 1.28 bits per heavy atom. The first kappa shape index (κ1) is 17.6. The van der Waals surface area contributed by atoms with E-state index in [0.29, 0.717) is 10.9 Å². The van der Waals surface area contributed by atoms with Crippen LogP contribution in [-0.2, 0) is 5.11 Å². The second kappa shape index (κ2) is 8.24. The van der Waals surface area contributed by atoms with Gasteiger partial charge in [0, 0.05) is 10.9 Å². The van der Waals surface area contributed by atoms with Gasteiger partial charge in [0.25, 0.3) is 0 Å². The predicted molar refractivity (Wildman–Crippen MR) is 106 cm³/mol. The van der Waals surface area contributed by atoms with Crippen molar-refractivity contribution in [1.82, 2.24) is 0 Å². The Kier molecular flexibility index (Phi) is 5.80. The van der Waals surface area contributed by atoms with Crippen molar-refractivity contribution in [2.24, 2.45) is 0 Å². The Hall–Kier alpha value is -2.22. The molecule has 0 bridgehead atoms. The van der Waals surface area contributed by atoms with Crippen LogP contribution in [0.25, 0.3) is 11.1 Å². The molecule has 0 saturated carbocycles. The van der Waals surface area contributed by atoms with E-state index in [9.17, 15) is 5.11 Å². The zero-order chi connectivity index (χ0) is 17.6. The average molecular weight is 368 g/mol. The van der Waals surface area contributed by atoms with E-state index < -0.39 is 0 Å². The summed E-state index contributed by atoms with van der Waals surface area (Å²) in [5.41, 5.74) is 5.39. The van der Waals surface area contributed by atoms with E-state index in [1.807, 2.05) is 54.6 Å². The summed E-state index contributed by atoms with van der Waals surface area (Å²) in [6.07, 6.45) is 0.725. The van der Waals surface area contributed by atoms with Crippen LogP contribution in [0.4, 0.5) is 0 Å². The van der Waals surface area contributed by atoms with Gasteiger partial charge in [-0.1, -0.05) is 66.2 Å². The number of alkyl halides is 1. The highest BCUT2D eigenvalue weighted by Gasteiger charge is 2.14. The van der Waals surface area contributed by atoms with E-state index in [1.54, 1.807) is 12.1 Å². The second-order valence-electron chi connectivity index (χ2n) is 5.69. The lowest BCUT2D eigenvalue weighted by atomic mass is 9.88. The summed E-state index contributed by atoms with van der Waals surface area (Å²) in [6, 6.07) is 24.9. The van der Waals surface area contributed by atoms with Crippen LogP contribution in [0.2, 0.25) is 5.02 Å². The minimum Gasteiger partial charge on any atom is -0.290 e. The molecule has 0 atom stereocenters. The molecule has 125 valence electrons. The first-order valence-corrected chi connectivity index (χ1v) is 8.98. The van der Waals surface area contributed by atoms with E-state index in [2.05, 4.69) is 12.1 Å². The minimum absolute atomic E-state index is 0.00203. The SMILES string of the molecule is [O]c1ccc(/C(=C(/CCCl)c2ccccc2)c2ccc(Cl)cc2)cc1. The van der Waals surface area contributed by atoms with Gasteiger partial charge < -0.3 is 0 Å². The monoisotopic (exact) mass is 367 g/mol. The number of benzene rings is 3. The zero-order valence-electron chi connectivity index (χ0n) is 13.6. The van der Waals surface area contributed by atoms with Crippen molar-refractivity contribution in [1.29, 1.82) is 0 Å². The Morgan fingerprint density at radius 1 is 0.720 bits per heavy atom. The van der Waals surface area contributed by atoms with E-state index in [1.165, 1.54) is 0 Å². The quantitative estimate of drug-likeness (QED) is 0.339. The maximum Gasteiger partial charge on any atom is 0.178 e.